The van der Waals surface area contributed by atoms with E-state index < -0.39 is 5.60 Å². The molecule has 0 spiro atoms. The van der Waals surface area contributed by atoms with Crippen LogP contribution in [0.25, 0.3) is 0 Å². The minimum absolute atomic E-state index is 0.219. The van der Waals surface area contributed by atoms with Crippen LogP contribution in [0.1, 0.15) is 33.6 Å². The van der Waals surface area contributed by atoms with Crippen LogP contribution in [-0.2, 0) is 9.53 Å². The van der Waals surface area contributed by atoms with E-state index in [0.29, 0.717) is 11.8 Å². The Morgan fingerprint density at radius 2 is 2.12 bits per heavy atom. The maximum atomic E-state index is 11.8. The van der Waals surface area contributed by atoms with Crippen molar-refractivity contribution in [2.24, 2.45) is 17.8 Å². The molecule has 1 aliphatic heterocycles. The van der Waals surface area contributed by atoms with E-state index in [1.807, 2.05) is 20.8 Å². The smallest absolute Gasteiger partial charge is 0.410 e. The maximum absolute atomic E-state index is 11.8. The Balaban J connectivity index is 1.82. The van der Waals surface area contributed by atoms with Crippen LogP contribution in [0.2, 0.25) is 0 Å². The minimum atomic E-state index is -0.430. The topological polar surface area (TPSA) is 46.6 Å². The summed E-state index contributed by atoms with van der Waals surface area (Å²) in [6, 6.07) is 0. The quantitative estimate of drug-likeness (QED) is 0.693. The Kier molecular flexibility index (Phi) is 3.15. The summed E-state index contributed by atoms with van der Waals surface area (Å²) >= 11 is 0. The summed E-state index contributed by atoms with van der Waals surface area (Å²) in [7, 11) is 0. The lowest BCUT2D eigenvalue weighted by atomic mass is 10.0. The molecule has 1 heterocycles. The lowest BCUT2D eigenvalue weighted by molar-refractivity contribution is -0.109. The number of aldehydes is 1. The van der Waals surface area contributed by atoms with Crippen LogP contribution in [0.4, 0.5) is 4.79 Å². The van der Waals surface area contributed by atoms with Crippen LogP contribution in [0.15, 0.2) is 0 Å². The molecule has 0 aromatic heterocycles. The second-order valence-corrected chi connectivity index (χ2v) is 6.17. The van der Waals surface area contributed by atoms with Crippen molar-refractivity contribution in [1.29, 1.82) is 0 Å². The summed E-state index contributed by atoms with van der Waals surface area (Å²) < 4.78 is 5.34. The van der Waals surface area contributed by atoms with Crippen molar-refractivity contribution in [2.75, 3.05) is 13.1 Å². The standard InChI is InChI=1S/C13H21NO3/c1-13(2,3)17-12(16)14-5-4-9(7-14)11-6-10(11)8-15/h8-11H,4-7H2,1-3H3/t9-,10+,11+/m0/s1. The molecule has 0 unspecified atom stereocenters. The zero-order chi connectivity index (χ0) is 12.6. The van der Waals surface area contributed by atoms with Crippen molar-refractivity contribution in [3.63, 3.8) is 0 Å². The number of carbonyl (C=O) groups excluding carboxylic acids is 2. The molecule has 4 heteroatoms. The van der Waals surface area contributed by atoms with Gasteiger partial charge < -0.3 is 14.4 Å². The average Bonchev–Trinajstić information content (AvgIpc) is 2.83. The number of likely N-dealkylation sites (tertiary alicyclic amines) is 1. The molecule has 0 aromatic carbocycles. The normalized spacial score (nSPS) is 32.4. The first-order chi connectivity index (χ1) is 7.90. The monoisotopic (exact) mass is 239 g/mol. The molecular weight excluding hydrogens is 218 g/mol. The van der Waals surface area contributed by atoms with Gasteiger partial charge in [0.15, 0.2) is 0 Å². The highest BCUT2D eigenvalue weighted by Gasteiger charge is 2.46. The predicted molar refractivity (Wildman–Crippen MR) is 63.6 cm³/mol. The number of ether oxygens (including phenoxy) is 1. The fourth-order valence-electron chi connectivity index (χ4n) is 2.56. The van der Waals surface area contributed by atoms with Gasteiger partial charge in [0.25, 0.3) is 0 Å². The van der Waals surface area contributed by atoms with Crippen LogP contribution < -0.4 is 0 Å². The highest BCUT2D eigenvalue weighted by atomic mass is 16.6. The molecule has 2 rings (SSSR count). The van der Waals surface area contributed by atoms with Crippen LogP contribution in [-0.4, -0.2) is 36.0 Å². The third-order valence-electron chi connectivity index (χ3n) is 3.55. The zero-order valence-electron chi connectivity index (χ0n) is 10.8. The van der Waals surface area contributed by atoms with Crippen LogP contribution >= 0.6 is 0 Å². The summed E-state index contributed by atoms with van der Waals surface area (Å²) in [6.07, 6.45) is 2.86. The molecule has 1 saturated carbocycles. The third-order valence-corrected chi connectivity index (χ3v) is 3.55. The van der Waals surface area contributed by atoms with Crippen LogP contribution in [0, 0.1) is 17.8 Å². The number of amides is 1. The number of hydrogen-bond acceptors (Lipinski definition) is 3. The molecule has 2 aliphatic rings. The summed E-state index contributed by atoms with van der Waals surface area (Å²) in [5.41, 5.74) is -0.430. The van der Waals surface area contributed by atoms with Crippen molar-refractivity contribution in [2.45, 2.75) is 39.2 Å². The lowest BCUT2D eigenvalue weighted by Crippen LogP contribution is -2.35. The van der Waals surface area contributed by atoms with Gasteiger partial charge in [0.2, 0.25) is 0 Å². The molecule has 0 bridgehead atoms. The van der Waals surface area contributed by atoms with E-state index in [9.17, 15) is 9.59 Å². The molecule has 1 amide bonds. The van der Waals surface area contributed by atoms with Gasteiger partial charge in [0.1, 0.15) is 11.9 Å². The van der Waals surface area contributed by atoms with Gasteiger partial charge >= 0.3 is 6.09 Å². The maximum Gasteiger partial charge on any atom is 0.410 e. The van der Waals surface area contributed by atoms with E-state index in [0.717, 1.165) is 32.2 Å². The summed E-state index contributed by atoms with van der Waals surface area (Å²) in [5.74, 6) is 1.26. The van der Waals surface area contributed by atoms with Gasteiger partial charge in [-0.15, -0.1) is 0 Å². The average molecular weight is 239 g/mol. The van der Waals surface area contributed by atoms with Crippen molar-refractivity contribution in [3.05, 3.63) is 0 Å². The molecule has 4 nitrogen and oxygen atoms in total. The van der Waals surface area contributed by atoms with Gasteiger partial charge in [-0.2, -0.15) is 0 Å². The highest BCUT2D eigenvalue weighted by molar-refractivity contribution is 5.68. The van der Waals surface area contributed by atoms with E-state index in [4.69, 9.17) is 4.74 Å². The second kappa shape index (κ2) is 4.31. The Morgan fingerprint density at radius 1 is 1.41 bits per heavy atom. The van der Waals surface area contributed by atoms with E-state index in [1.54, 1.807) is 4.90 Å². The predicted octanol–water partition coefficient (Wildman–Crippen LogP) is 2.08. The summed E-state index contributed by atoms with van der Waals surface area (Å²) in [5, 5.41) is 0. The molecule has 1 aliphatic carbocycles. The third kappa shape index (κ3) is 2.99. The van der Waals surface area contributed by atoms with Crippen molar-refractivity contribution in [1.82, 2.24) is 4.90 Å². The molecular formula is C13H21NO3. The molecule has 96 valence electrons. The molecule has 0 N–H and O–H groups in total. The number of carbonyl (C=O) groups is 2. The lowest BCUT2D eigenvalue weighted by Gasteiger charge is -2.24. The van der Waals surface area contributed by atoms with E-state index in [-0.39, 0.29) is 12.0 Å². The Hall–Kier alpha value is -1.06. The molecule has 17 heavy (non-hydrogen) atoms. The van der Waals surface area contributed by atoms with E-state index >= 15 is 0 Å². The fourth-order valence-corrected chi connectivity index (χ4v) is 2.56. The van der Waals surface area contributed by atoms with E-state index in [1.165, 1.54) is 0 Å². The number of nitrogens with zero attached hydrogens (tertiary/aromatic N) is 1. The molecule has 0 radical (unpaired) electrons. The largest absolute Gasteiger partial charge is 0.444 e. The van der Waals surface area contributed by atoms with Gasteiger partial charge in [-0.25, -0.2) is 4.79 Å². The van der Waals surface area contributed by atoms with Crippen molar-refractivity contribution >= 4 is 12.4 Å². The highest BCUT2D eigenvalue weighted by Crippen LogP contribution is 2.46. The minimum Gasteiger partial charge on any atom is -0.444 e. The molecule has 1 saturated heterocycles. The van der Waals surface area contributed by atoms with Gasteiger partial charge in [-0.1, -0.05) is 0 Å². The second-order valence-electron chi connectivity index (χ2n) is 6.17. The fraction of sp³-hybridized carbons (Fsp3) is 0.846. The SMILES string of the molecule is CC(C)(C)OC(=O)N1CC[C@H]([C@H]2C[C@@H]2C=O)C1. The van der Waals surface area contributed by atoms with Crippen LogP contribution in [0.3, 0.4) is 0 Å². The van der Waals surface area contributed by atoms with Crippen molar-refractivity contribution < 1.29 is 14.3 Å². The molecule has 2 fully saturated rings. The van der Waals surface area contributed by atoms with Gasteiger partial charge in [-0.05, 0) is 45.4 Å². The summed E-state index contributed by atoms with van der Waals surface area (Å²) in [6.45, 7) is 7.15. The Bertz CT molecular complexity index is 321. The number of rotatable bonds is 2. The van der Waals surface area contributed by atoms with Gasteiger partial charge in [-0.3, -0.25) is 0 Å². The Labute approximate surface area is 102 Å². The Morgan fingerprint density at radius 3 is 2.65 bits per heavy atom. The zero-order valence-corrected chi connectivity index (χ0v) is 10.8. The first-order valence-corrected chi connectivity index (χ1v) is 6.34. The molecule has 0 aromatic rings. The first-order valence-electron chi connectivity index (χ1n) is 6.34. The number of hydrogen-bond donors (Lipinski definition) is 0. The molecule has 3 atom stereocenters. The van der Waals surface area contributed by atoms with Crippen molar-refractivity contribution in [3.8, 4) is 0 Å². The van der Waals surface area contributed by atoms with E-state index in [2.05, 4.69) is 0 Å². The van der Waals surface area contributed by atoms with Gasteiger partial charge in [0, 0.05) is 19.0 Å². The summed E-state index contributed by atoms with van der Waals surface area (Å²) in [4.78, 5) is 24.2. The first kappa shape index (κ1) is 12.4. The van der Waals surface area contributed by atoms with Crippen LogP contribution in [0.5, 0.6) is 0 Å². The van der Waals surface area contributed by atoms with Gasteiger partial charge in [0.05, 0.1) is 0 Å².